The molecule has 0 bridgehead atoms. The van der Waals surface area contributed by atoms with Crippen molar-refractivity contribution in [3.05, 3.63) is 67.1 Å². The summed E-state index contributed by atoms with van der Waals surface area (Å²) >= 11 is 0. The Morgan fingerprint density at radius 1 is 1.15 bits per heavy atom. The summed E-state index contributed by atoms with van der Waals surface area (Å²) in [5.74, 6) is 0.431. The van der Waals surface area contributed by atoms with E-state index >= 15 is 0 Å². The highest BCUT2D eigenvalue weighted by atomic mass is 32.2. The van der Waals surface area contributed by atoms with Crippen LogP contribution in [0, 0.1) is 0 Å². The second kappa shape index (κ2) is 7.32. The Kier molecular flexibility index (Phi) is 4.94. The van der Waals surface area contributed by atoms with E-state index in [0.717, 1.165) is 0 Å². The second-order valence-electron chi connectivity index (χ2n) is 5.37. The lowest BCUT2D eigenvalue weighted by atomic mass is 10.2. The highest BCUT2D eigenvalue weighted by Gasteiger charge is 2.18. The van der Waals surface area contributed by atoms with E-state index in [1.807, 2.05) is 0 Å². The molecule has 8 heteroatoms. The number of nitrogens with zero attached hydrogens (tertiary/aromatic N) is 2. The fraction of sp³-hybridized carbons (Fsp3) is 0.0556. The third kappa shape index (κ3) is 3.70. The minimum atomic E-state index is -3.81. The minimum absolute atomic E-state index is 0.0590. The summed E-state index contributed by atoms with van der Waals surface area (Å²) in [4.78, 5) is 5.82. The molecule has 0 saturated carbocycles. The molecule has 0 spiro atoms. The van der Waals surface area contributed by atoms with Crippen LogP contribution in [-0.2, 0) is 10.0 Å². The first kappa shape index (κ1) is 17.6. The number of nitrogen functional groups attached to an aromatic ring is 1. The number of aliphatic imine (C=N–C) groups is 1. The zero-order chi connectivity index (χ0) is 18.6. The standard InChI is InChI=1S/C18H18N4O3S/c1-25-18-6-3-2-5-16(18)21-26(23,24)14-7-8-17(15(19)13-14)22-11-4-9-20-10-12-22/h2-13,21H,19H2,1H3. The van der Waals surface area contributed by atoms with Crippen molar-refractivity contribution in [2.24, 2.45) is 4.99 Å². The van der Waals surface area contributed by atoms with Crippen molar-refractivity contribution in [3.63, 3.8) is 0 Å². The molecule has 134 valence electrons. The molecule has 1 heterocycles. The van der Waals surface area contributed by atoms with E-state index in [2.05, 4.69) is 9.71 Å². The van der Waals surface area contributed by atoms with E-state index in [9.17, 15) is 8.42 Å². The number of hydrogen-bond acceptors (Lipinski definition) is 6. The Balaban J connectivity index is 1.90. The normalized spacial score (nSPS) is 13.5. The molecule has 0 radical (unpaired) electrons. The number of anilines is 3. The van der Waals surface area contributed by atoms with Crippen molar-refractivity contribution in [1.29, 1.82) is 0 Å². The number of ether oxygens (including phenoxy) is 1. The summed E-state index contributed by atoms with van der Waals surface area (Å²) in [5, 5.41) is 0. The molecular weight excluding hydrogens is 352 g/mol. The Morgan fingerprint density at radius 3 is 2.73 bits per heavy atom. The monoisotopic (exact) mass is 370 g/mol. The quantitative estimate of drug-likeness (QED) is 0.789. The number of methoxy groups -OCH3 is 1. The maximum absolute atomic E-state index is 12.7. The Morgan fingerprint density at radius 2 is 1.96 bits per heavy atom. The Labute approximate surface area is 152 Å². The molecule has 1 aliphatic rings. The van der Waals surface area contributed by atoms with Gasteiger partial charge in [0.15, 0.2) is 0 Å². The van der Waals surface area contributed by atoms with Gasteiger partial charge < -0.3 is 15.4 Å². The number of hydrogen-bond donors (Lipinski definition) is 2. The highest BCUT2D eigenvalue weighted by molar-refractivity contribution is 7.92. The van der Waals surface area contributed by atoms with Crippen LogP contribution in [0.1, 0.15) is 0 Å². The molecule has 2 aromatic carbocycles. The van der Waals surface area contributed by atoms with Crippen molar-refractivity contribution in [3.8, 4) is 5.75 Å². The van der Waals surface area contributed by atoms with Crippen LogP contribution in [0.25, 0.3) is 0 Å². The van der Waals surface area contributed by atoms with Gasteiger partial charge in [-0.15, -0.1) is 0 Å². The van der Waals surface area contributed by atoms with Gasteiger partial charge in [-0.2, -0.15) is 0 Å². The van der Waals surface area contributed by atoms with Gasteiger partial charge in [0.25, 0.3) is 10.0 Å². The maximum atomic E-state index is 12.7. The summed E-state index contributed by atoms with van der Waals surface area (Å²) in [6.45, 7) is 0. The van der Waals surface area contributed by atoms with Crippen molar-refractivity contribution >= 4 is 33.3 Å². The van der Waals surface area contributed by atoms with Gasteiger partial charge in [0.2, 0.25) is 0 Å². The minimum Gasteiger partial charge on any atom is -0.495 e. The molecule has 0 fully saturated rings. The Bertz CT molecular complexity index is 981. The van der Waals surface area contributed by atoms with Gasteiger partial charge in [-0.1, -0.05) is 12.1 Å². The summed E-state index contributed by atoms with van der Waals surface area (Å²) in [6.07, 6.45) is 8.52. The number of allylic oxidation sites excluding steroid dienone is 1. The average molecular weight is 370 g/mol. The van der Waals surface area contributed by atoms with E-state index in [4.69, 9.17) is 10.5 Å². The van der Waals surface area contributed by atoms with Crippen molar-refractivity contribution in [2.45, 2.75) is 4.90 Å². The van der Waals surface area contributed by atoms with Crippen LogP contribution in [0.5, 0.6) is 5.75 Å². The first-order valence-corrected chi connectivity index (χ1v) is 9.20. The van der Waals surface area contributed by atoms with Gasteiger partial charge in [0.05, 0.1) is 29.1 Å². The molecule has 0 atom stereocenters. The molecule has 3 N–H and O–H groups in total. The maximum Gasteiger partial charge on any atom is 0.262 e. The highest BCUT2D eigenvalue weighted by Crippen LogP contribution is 2.30. The number of nitrogens with one attached hydrogen (secondary N) is 1. The number of sulfonamides is 1. The molecule has 0 aliphatic carbocycles. The summed E-state index contributed by atoms with van der Waals surface area (Å²) in [7, 11) is -2.33. The van der Waals surface area contributed by atoms with Crippen molar-refractivity contribution in [1.82, 2.24) is 0 Å². The zero-order valence-corrected chi connectivity index (χ0v) is 14.8. The SMILES string of the molecule is COc1ccccc1NS(=O)(=O)c1ccc(N2C=CC=NC=C2)c(N)c1. The largest absolute Gasteiger partial charge is 0.495 e. The topological polar surface area (TPSA) is 97.0 Å². The third-order valence-corrected chi connectivity index (χ3v) is 5.03. The zero-order valence-electron chi connectivity index (χ0n) is 14.0. The molecule has 1 aliphatic heterocycles. The summed E-state index contributed by atoms with van der Waals surface area (Å²) in [5.41, 5.74) is 7.41. The van der Waals surface area contributed by atoms with Crippen LogP contribution >= 0.6 is 0 Å². The first-order chi connectivity index (χ1) is 12.5. The van der Waals surface area contributed by atoms with Crippen LogP contribution in [0.4, 0.5) is 17.1 Å². The summed E-state index contributed by atoms with van der Waals surface area (Å²) in [6, 6.07) is 11.3. The first-order valence-electron chi connectivity index (χ1n) is 7.71. The van der Waals surface area contributed by atoms with Gasteiger partial charge in [-0.3, -0.25) is 9.71 Å². The third-order valence-electron chi connectivity index (χ3n) is 3.67. The van der Waals surface area contributed by atoms with E-state index in [-0.39, 0.29) is 4.90 Å². The van der Waals surface area contributed by atoms with Gasteiger partial charge >= 0.3 is 0 Å². The molecule has 7 nitrogen and oxygen atoms in total. The molecule has 0 saturated heterocycles. The van der Waals surface area contributed by atoms with Gasteiger partial charge in [0.1, 0.15) is 5.75 Å². The molecule has 0 aromatic heterocycles. The molecule has 26 heavy (non-hydrogen) atoms. The fourth-order valence-corrected chi connectivity index (χ4v) is 3.52. The van der Waals surface area contributed by atoms with Crippen LogP contribution in [0.3, 0.4) is 0 Å². The van der Waals surface area contributed by atoms with Gasteiger partial charge in [-0.25, -0.2) is 8.42 Å². The average Bonchev–Trinajstić information content (AvgIpc) is 2.91. The number of rotatable bonds is 5. The van der Waals surface area contributed by atoms with E-state index < -0.39 is 10.0 Å². The Hall–Kier alpha value is -3.26. The van der Waals surface area contributed by atoms with Gasteiger partial charge in [-0.05, 0) is 36.4 Å². The molecular formula is C18H18N4O3S. The lowest BCUT2D eigenvalue weighted by Crippen LogP contribution is -2.15. The van der Waals surface area contributed by atoms with Crippen LogP contribution < -0.4 is 20.1 Å². The molecule has 0 unspecified atom stereocenters. The summed E-state index contributed by atoms with van der Waals surface area (Å²) < 4.78 is 33.1. The lowest BCUT2D eigenvalue weighted by molar-refractivity contribution is 0.417. The van der Waals surface area contributed by atoms with E-state index in [1.165, 1.54) is 19.2 Å². The number of nitrogens with two attached hydrogens (primary N) is 1. The second-order valence-corrected chi connectivity index (χ2v) is 7.05. The molecule has 3 rings (SSSR count). The van der Waals surface area contributed by atoms with Crippen LogP contribution in [0.2, 0.25) is 0 Å². The van der Waals surface area contributed by atoms with E-state index in [0.29, 0.717) is 22.8 Å². The van der Waals surface area contributed by atoms with Crippen molar-refractivity contribution < 1.29 is 13.2 Å². The van der Waals surface area contributed by atoms with E-state index in [1.54, 1.807) is 66.1 Å². The molecule has 0 amide bonds. The van der Waals surface area contributed by atoms with Crippen LogP contribution in [-0.4, -0.2) is 21.7 Å². The van der Waals surface area contributed by atoms with Crippen molar-refractivity contribution in [2.75, 3.05) is 22.5 Å². The predicted octanol–water partition coefficient (Wildman–Crippen LogP) is 2.95. The van der Waals surface area contributed by atoms with Crippen LogP contribution in [0.15, 0.2) is 77.0 Å². The molecule has 2 aromatic rings. The number of benzene rings is 2. The fourth-order valence-electron chi connectivity index (χ4n) is 2.42. The van der Waals surface area contributed by atoms with Gasteiger partial charge in [0, 0.05) is 24.8 Å². The predicted molar refractivity (Wildman–Crippen MR) is 104 cm³/mol. The lowest BCUT2D eigenvalue weighted by Gasteiger charge is -2.18. The number of para-hydroxylation sites is 2. The smallest absolute Gasteiger partial charge is 0.262 e.